The predicted octanol–water partition coefficient (Wildman–Crippen LogP) is 4.12. The first-order chi connectivity index (χ1) is 17.6. The minimum Gasteiger partial charge on any atom is -0.356 e. The van der Waals surface area contributed by atoms with E-state index in [0.717, 1.165) is 44.9 Å². The molecule has 9 unspecified atom stereocenters. The summed E-state index contributed by atoms with van der Waals surface area (Å²) in [5, 5.41) is 6.30. The topological polar surface area (TPSA) is 80.4 Å². The summed E-state index contributed by atoms with van der Waals surface area (Å²) in [6, 6.07) is 0.0789. The monoisotopic (exact) mass is 557 g/mol. The zero-order valence-electron chi connectivity index (χ0n) is 22.2. The van der Waals surface area contributed by atoms with E-state index >= 15 is 0 Å². The van der Waals surface area contributed by atoms with Gasteiger partial charge in [0.25, 0.3) is 0 Å². The second-order valence-corrected chi connectivity index (χ2v) is 12.8. The molecule has 0 spiro atoms. The van der Waals surface area contributed by atoms with Crippen LogP contribution in [0.15, 0.2) is 17.4 Å². The number of amides is 2. The van der Waals surface area contributed by atoms with E-state index in [-0.39, 0.29) is 40.4 Å². The molecule has 3 fully saturated rings. The number of hydrogen-bond donors (Lipinski definition) is 2. The van der Waals surface area contributed by atoms with Gasteiger partial charge in [0, 0.05) is 56.8 Å². The predicted molar refractivity (Wildman–Crippen MR) is 144 cm³/mol. The Bertz CT molecular complexity index is 1010. The number of piperidine rings is 1. The van der Waals surface area contributed by atoms with Crippen molar-refractivity contribution in [1.82, 2.24) is 19.8 Å². The number of carbonyl (C=O) groups is 2. The van der Waals surface area contributed by atoms with Crippen molar-refractivity contribution in [3.63, 3.8) is 0 Å². The molecule has 4 rings (SSSR count). The van der Waals surface area contributed by atoms with Crippen molar-refractivity contribution in [2.75, 3.05) is 6.54 Å². The maximum Gasteiger partial charge on any atom is 0.245 e. The molecule has 1 aromatic rings. The quantitative estimate of drug-likeness (QED) is 0.407. The maximum absolute atomic E-state index is 14.0. The van der Waals surface area contributed by atoms with E-state index in [1.165, 1.54) is 6.92 Å². The highest BCUT2D eigenvalue weighted by Gasteiger charge is 2.40. The van der Waals surface area contributed by atoms with Crippen LogP contribution < -0.4 is 16.3 Å². The van der Waals surface area contributed by atoms with E-state index in [0.29, 0.717) is 42.9 Å². The highest BCUT2D eigenvalue weighted by molar-refractivity contribution is 6.30. The smallest absolute Gasteiger partial charge is 0.245 e. The van der Waals surface area contributed by atoms with Crippen LogP contribution in [0.2, 0.25) is 0 Å². The fourth-order valence-electron chi connectivity index (χ4n) is 6.88. The van der Waals surface area contributed by atoms with Crippen molar-refractivity contribution < 1.29 is 14.0 Å². The number of hydrogen-bond acceptors (Lipinski definition) is 3. The van der Waals surface area contributed by atoms with Gasteiger partial charge in [0.2, 0.25) is 17.4 Å². The average molecular weight is 559 g/mol. The molecular weight excluding hydrogens is 516 g/mol. The lowest BCUT2D eigenvalue weighted by atomic mass is 9.66. The number of rotatable bonds is 6. The summed E-state index contributed by atoms with van der Waals surface area (Å²) in [7, 11) is 1.88. The van der Waals surface area contributed by atoms with Crippen molar-refractivity contribution in [1.29, 1.82) is 0 Å². The molecule has 7 nitrogen and oxygen atoms in total. The summed E-state index contributed by atoms with van der Waals surface area (Å²) in [4.78, 5) is 29.4. The molecular formula is C27H42Cl2FN5O2. The van der Waals surface area contributed by atoms with Gasteiger partial charge in [-0.15, -0.1) is 23.2 Å². The normalized spacial score (nSPS) is 37.4. The van der Waals surface area contributed by atoms with E-state index in [1.54, 1.807) is 0 Å². The summed E-state index contributed by atoms with van der Waals surface area (Å²) in [6.45, 7) is 4.86. The van der Waals surface area contributed by atoms with Gasteiger partial charge < -0.3 is 14.5 Å². The first-order valence-corrected chi connectivity index (χ1v) is 14.7. The van der Waals surface area contributed by atoms with Crippen molar-refractivity contribution in [2.45, 2.75) is 94.9 Å². The van der Waals surface area contributed by atoms with Crippen LogP contribution in [0.1, 0.15) is 65.2 Å². The number of nitrogens with one attached hydrogen (secondary N) is 2. The Morgan fingerprint density at radius 2 is 1.86 bits per heavy atom. The number of carbonyl (C=O) groups excluding carboxylic acids is 2. The number of aryl methyl sites for hydroxylation is 1. The molecule has 37 heavy (non-hydrogen) atoms. The van der Waals surface area contributed by atoms with Gasteiger partial charge in [-0.2, -0.15) is 4.99 Å². The maximum atomic E-state index is 14.0. The number of nitrogens with zero attached hydrogens (tertiary/aromatic N) is 3. The molecule has 0 bridgehead atoms. The van der Waals surface area contributed by atoms with Crippen molar-refractivity contribution >= 4 is 35.0 Å². The molecule has 0 radical (unpaired) electrons. The Kier molecular flexibility index (Phi) is 9.79. The van der Waals surface area contributed by atoms with E-state index in [2.05, 4.69) is 22.5 Å². The molecule has 2 heterocycles. The average Bonchev–Trinajstić information content (AvgIpc) is 3.17. The molecule has 9 atom stereocenters. The second-order valence-electron chi connectivity index (χ2n) is 11.6. The first-order valence-electron chi connectivity index (χ1n) is 13.8. The van der Waals surface area contributed by atoms with Crippen LogP contribution >= 0.6 is 23.2 Å². The van der Waals surface area contributed by atoms with Gasteiger partial charge in [0.15, 0.2) is 6.30 Å². The standard InChI is InChI=1S/C27H42Cl2FN5O2/c1-16-22(5-7-25(30)32-16)20-10-19(15-35-9-8-34(3)27(35)33-17(2)36)11-21(13-20)26(37)31-14-18-4-6-23(28)24(29)12-18/h8-9,16,18-25,32H,4-7,10-15H2,1-3H3,(H,31,37). The molecule has 2 N–H and O–H groups in total. The molecule has 0 aromatic carbocycles. The Hall–Kier alpha value is -1.38. The van der Waals surface area contributed by atoms with Gasteiger partial charge in [-0.1, -0.05) is 0 Å². The first kappa shape index (κ1) is 28.6. The van der Waals surface area contributed by atoms with Crippen LogP contribution in [-0.4, -0.2) is 50.6 Å². The number of imidazole rings is 1. The lowest BCUT2D eigenvalue weighted by molar-refractivity contribution is -0.128. The van der Waals surface area contributed by atoms with Gasteiger partial charge in [0.1, 0.15) is 0 Å². The lowest BCUT2D eigenvalue weighted by Gasteiger charge is -2.43. The fraction of sp³-hybridized carbons (Fsp3) is 0.815. The van der Waals surface area contributed by atoms with Gasteiger partial charge >= 0.3 is 0 Å². The largest absolute Gasteiger partial charge is 0.356 e. The summed E-state index contributed by atoms with van der Waals surface area (Å²) >= 11 is 12.7. The molecule has 3 aliphatic rings. The number of aromatic nitrogens is 2. The zero-order valence-corrected chi connectivity index (χ0v) is 23.7. The zero-order chi connectivity index (χ0) is 26.7. The van der Waals surface area contributed by atoms with Crippen LogP contribution in [0.3, 0.4) is 0 Å². The molecule has 1 saturated heterocycles. The van der Waals surface area contributed by atoms with Crippen LogP contribution in [-0.2, 0) is 23.2 Å². The van der Waals surface area contributed by atoms with E-state index in [4.69, 9.17) is 23.2 Å². The number of alkyl halides is 3. The Balaban J connectivity index is 1.47. The fourth-order valence-corrected chi connectivity index (χ4v) is 7.48. The molecule has 208 valence electrons. The van der Waals surface area contributed by atoms with E-state index in [1.807, 2.05) is 28.6 Å². The highest BCUT2D eigenvalue weighted by atomic mass is 35.5. The Morgan fingerprint density at radius 1 is 1.08 bits per heavy atom. The second kappa shape index (κ2) is 12.6. The summed E-state index contributed by atoms with van der Waals surface area (Å²) in [5.74, 6) is 1.07. The third kappa shape index (κ3) is 7.39. The van der Waals surface area contributed by atoms with Crippen LogP contribution in [0, 0.1) is 29.6 Å². The molecule has 2 saturated carbocycles. The van der Waals surface area contributed by atoms with Crippen molar-refractivity contribution in [3.05, 3.63) is 18.0 Å². The SMILES string of the molecule is CC(=O)N=c1n(C)ccn1CC1CC(C(=O)NCC2CCC(Cl)C(Cl)C2)CC(C2CCC(F)NC2C)C1. The van der Waals surface area contributed by atoms with Gasteiger partial charge in [-0.3, -0.25) is 14.9 Å². The molecule has 2 amide bonds. The summed E-state index contributed by atoms with van der Waals surface area (Å²) in [6.07, 6.45) is 9.55. The van der Waals surface area contributed by atoms with Gasteiger partial charge in [0.05, 0.1) is 5.38 Å². The lowest BCUT2D eigenvalue weighted by Crippen LogP contribution is -2.49. The van der Waals surface area contributed by atoms with Gasteiger partial charge in [-0.05, 0) is 82.0 Å². The summed E-state index contributed by atoms with van der Waals surface area (Å²) in [5.41, 5.74) is 0.620. The Morgan fingerprint density at radius 3 is 2.57 bits per heavy atom. The minimum absolute atomic E-state index is 0.0126. The third-order valence-corrected chi connectivity index (χ3v) is 9.91. The number of halogens is 3. The van der Waals surface area contributed by atoms with E-state index in [9.17, 15) is 14.0 Å². The van der Waals surface area contributed by atoms with Crippen molar-refractivity contribution in [3.8, 4) is 0 Å². The highest BCUT2D eigenvalue weighted by Crippen LogP contribution is 2.42. The minimum atomic E-state index is -0.950. The van der Waals surface area contributed by atoms with Crippen LogP contribution in [0.4, 0.5) is 4.39 Å². The Labute approximate surface area is 229 Å². The summed E-state index contributed by atoms with van der Waals surface area (Å²) < 4.78 is 17.9. The molecule has 1 aromatic heterocycles. The van der Waals surface area contributed by atoms with Crippen LogP contribution in [0.25, 0.3) is 0 Å². The van der Waals surface area contributed by atoms with Crippen LogP contribution in [0.5, 0.6) is 0 Å². The molecule has 1 aliphatic heterocycles. The van der Waals surface area contributed by atoms with Crippen molar-refractivity contribution in [2.24, 2.45) is 41.6 Å². The third-order valence-electron chi connectivity index (χ3n) is 8.78. The molecule has 10 heteroatoms. The van der Waals surface area contributed by atoms with E-state index < -0.39 is 6.30 Å². The van der Waals surface area contributed by atoms with Gasteiger partial charge in [-0.25, -0.2) is 4.39 Å². The molecule has 2 aliphatic carbocycles.